The monoisotopic (exact) mass is 425 g/mol. The smallest absolute Gasteiger partial charge is 0.258 e. The Labute approximate surface area is 184 Å². The molecule has 2 unspecified atom stereocenters. The number of nitrogens with zero attached hydrogens (tertiary/aromatic N) is 2. The van der Waals surface area contributed by atoms with Crippen molar-refractivity contribution in [2.45, 2.75) is 58.3 Å². The summed E-state index contributed by atoms with van der Waals surface area (Å²) in [4.78, 5) is 17.8. The van der Waals surface area contributed by atoms with Crippen LogP contribution in [0.5, 0.6) is 0 Å². The third kappa shape index (κ3) is 4.75. The van der Waals surface area contributed by atoms with Crippen molar-refractivity contribution in [3.05, 3.63) is 58.9 Å². The molecule has 31 heavy (non-hydrogen) atoms. The topological polar surface area (TPSA) is 58.8 Å². The number of fused-ring (bicyclic) bond motifs is 1. The van der Waals surface area contributed by atoms with Crippen LogP contribution in [-0.4, -0.2) is 42.8 Å². The van der Waals surface area contributed by atoms with Crippen LogP contribution >= 0.6 is 0 Å². The van der Waals surface area contributed by atoms with E-state index in [1.165, 1.54) is 18.9 Å². The molecule has 0 aliphatic carbocycles. The number of rotatable bonds is 5. The molecule has 0 spiro atoms. The molecule has 1 amide bonds. The highest BCUT2D eigenvalue weighted by molar-refractivity contribution is 6.07. The molecule has 1 fully saturated rings. The van der Waals surface area contributed by atoms with Crippen LogP contribution in [0.15, 0.2) is 36.4 Å². The number of carbonyl (C=O) groups is 1. The number of benzene rings is 2. The van der Waals surface area contributed by atoms with Crippen molar-refractivity contribution in [3.63, 3.8) is 0 Å². The zero-order valence-electron chi connectivity index (χ0n) is 18.4. The van der Waals surface area contributed by atoms with Gasteiger partial charge >= 0.3 is 0 Å². The van der Waals surface area contributed by atoms with E-state index in [0.717, 1.165) is 42.7 Å². The standard InChI is InChI=1S/C25H32FN3O2/c1-3-24(28-12-4-5-13-28)31-21-9-6-18-15-19(26)7-11-23(18)29(16-21)25(30)22-10-8-20(27)14-17(22)2/h7-8,10-11,14-15,21,24H,3-6,9,12-13,16,27H2,1-2H3. The third-order valence-electron chi connectivity index (χ3n) is 6.43. The van der Waals surface area contributed by atoms with Crippen molar-refractivity contribution < 1.29 is 13.9 Å². The van der Waals surface area contributed by atoms with Crippen LogP contribution in [-0.2, 0) is 11.2 Å². The number of aryl methyl sites for hydroxylation is 2. The Bertz CT molecular complexity index is 942. The normalized spacial score (nSPS) is 20.4. The summed E-state index contributed by atoms with van der Waals surface area (Å²) in [6.07, 6.45) is 4.69. The number of carbonyl (C=O) groups excluding carboxylic acids is 1. The first-order valence-electron chi connectivity index (χ1n) is 11.3. The molecule has 2 heterocycles. The predicted molar refractivity (Wildman–Crippen MR) is 122 cm³/mol. The number of likely N-dealkylation sites (tertiary alicyclic amines) is 1. The SMILES string of the molecule is CCC(OC1CCc2cc(F)ccc2N(C(=O)c2ccc(N)cc2C)C1)N1CCCC1. The number of ether oxygens (including phenoxy) is 1. The second-order valence-electron chi connectivity index (χ2n) is 8.67. The van der Waals surface area contributed by atoms with Gasteiger partial charge in [0.05, 0.1) is 12.6 Å². The molecule has 0 aromatic heterocycles. The van der Waals surface area contributed by atoms with Gasteiger partial charge in [-0.1, -0.05) is 6.92 Å². The molecule has 0 radical (unpaired) electrons. The fourth-order valence-electron chi connectivity index (χ4n) is 4.80. The van der Waals surface area contributed by atoms with Crippen molar-refractivity contribution in [2.75, 3.05) is 30.3 Å². The minimum Gasteiger partial charge on any atom is -0.399 e. The summed E-state index contributed by atoms with van der Waals surface area (Å²) < 4.78 is 20.5. The fraction of sp³-hybridized carbons (Fsp3) is 0.480. The number of amides is 1. The number of hydrogen-bond acceptors (Lipinski definition) is 4. The zero-order chi connectivity index (χ0) is 22.0. The minimum atomic E-state index is -0.280. The first-order chi connectivity index (χ1) is 15.0. The van der Waals surface area contributed by atoms with E-state index in [4.69, 9.17) is 10.5 Å². The molecular formula is C25H32FN3O2. The van der Waals surface area contributed by atoms with E-state index in [-0.39, 0.29) is 24.1 Å². The Kier molecular flexibility index (Phi) is 6.58. The van der Waals surface area contributed by atoms with Crippen molar-refractivity contribution in [2.24, 2.45) is 0 Å². The molecule has 2 aliphatic heterocycles. The molecule has 2 atom stereocenters. The highest BCUT2D eigenvalue weighted by Crippen LogP contribution is 2.31. The minimum absolute atomic E-state index is 0.0562. The van der Waals surface area contributed by atoms with Crippen LogP contribution in [0.4, 0.5) is 15.8 Å². The van der Waals surface area contributed by atoms with Gasteiger partial charge in [-0.2, -0.15) is 0 Å². The van der Waals surface area contributed by atoms with E-state index in [1.807, 2.05) is 13.0 Å². The third-order valence-corrected chi connectivity index (χ3v) is 6.43. The molecule has 0 saturated carbocycles. The Morgan fingerprint density at radius 2 is 2.00 bits per heavy atom. The number of nitrogen functional groups attached to an aromatic ring is 1. The van der Waals surface area contributed by atoms with Crippen LogP contribution in [0.25, 0.3) is 0 Å². The maximum Gasteiger partial charge on any atom is 0.258 e. The number of halogens is 1. The Balaban J connectivity index is 1.63. The van der Waals surface area contributed by atoms with Gasteiger partial charge in [0.15, 0.2) is 0 Å². The van der Waals surface area contributed by atoms with Gasteiger partial charge in [0, 0.05) is 30.0 Å². The van der Waals surface area contributed by atoms with Crippen LogP contribution in [0, 0.1) is 12.7 Å². The Morgan fingerprint density at radius 1 is 1.23 bits per heavy atom. The fourth-order valence-corrected chi connectivity index (χ4v) is 4.80. The van der Waals surface area contributed by atoms with Gasteiger partial charge in [-0.05, 0) is 86.6 Å². The first-order valence-corrected chi connectivity index (χ1v) is 11.3. The van der Waals surface area contributed by atoms with Gasteiger partial charge in [0.25, 0.3) is 5.91 Å². The summed E-state index contributed by atoms with van der Waals surface area (Å²) in [6, 6.07) is 10.0. The molecule has 0 bridgehead atoms. The maximum atomic E-state index is 14.0. The lowest BCUT2D eigenvalue weighted by Crippen LogP contribution is -2.43. The number of nitrogens with two attached hydrogens (primary N) is 1. The lowest BCUT2D eigenvalue weighted by molar-refractivity contribution is -0.0916. The highest BCUT2D eigenvalue weighted by atomic mass is 19.1. The second kappa shape index (κ2) is 9.37. The quantitative estimate of drug-likeness (QED) is 0.716. The molecule has 166 valence electrons. The van der Waals surface area contributed by atoms with Gasteiger partial charge in [-0.15, -0.1) is 0 Å². The lowest BCUT2D eigenvalue weighted by Gasteiger charge is -2.32. The van der Waals surface area contributed by atoms with E-state index in [1.54, 1.807) is 29.2 Å². The molecule has 1 saturated heterocycles. The summed E-state index contributed by atoms with van der Waals surface area (Å²) in [5.74, 6) is -0.382. The van der Waals surface area contributed by atoms with Crippen molar-refractivity contribution in [1.29, 1.82) is 0 Å². The van der Waals surface area contributed by atoms with E-state index in [9.17, 15) is 9.18 Å². The van der Waals surface area contributed by atoms with E-state index in [0.29, 0.717) is 24.2 Å². The number of anilines is 2. The molecule has 5 nitrogen and oxygen atoms in total. The average molecular weight is 426 g/mol. The first kappa shape index (κ1) is 21.8. The number of hydrogen-bond donors (Lipinski definition) is 1. The summed E-state index contributed by atoms with van der Waals surface area (Å²) in [5, 5.41) is 0. The molecule has 6 heteroatoms. The summed E-state index contributed by atoms with van der Waals surface area (Å²) in [7, 11) is 0. The van der Waals surface area contributed by atoms with Crippen LogP contribution < -0.4 is 10.6 Å². The largest absolute Gasteiger partial charge is 0.399 e. The maximum absolute atomic E-state index is 14.0. The van der Waals surface area contributed by atoms with Crippen molar-refractivity contribution in [1.82, 2.24) is 4.90 Å². The van der Waals surface area contributed by atoms with Crippen LogP contribution in [0.3, 0.4) is 0 Å². The summed E-state index contributed by atoms with van der Waals surface area (Å²) in [6.45, 7) is 6.60. The Hall–Kier alpha value is -2.44. The van der Waals surface area contributed by atoms with E-state index in [2.05, 4.69) is 11.8 Å². The van der Waals surface area contributed by atoms with Gasteiger partial charge < -0.3 is 15.4 Å². The van der Waals surface area contributed by atoms with Crippen molar-refractivity contribution >= 4 is 17.3 Å². The lowest BCUT2D eigenvalue weighted by atomic mass is 10.0. The van der Waals surface area contributed by atoms with Gasteiger partial charge in [-0.25, -0.2) is 4.39 Å². The Morgan fingerprint density at radius 3 is 2.71 bits per heavy atom. The molecule has 2 aromatic rings. The predicted octanol–water partition coefficient (Wildman–Crippen LogP) is 4.53. The second-order valence-corrected chi connectivity index (χ2v) is 8.67. The van der Waals surface area contributed by atoms with E-state index < -0.39 is 0 Å². The van der Waals surface area contributed by atoms with Gasteiger partial charge in [0.1, 0.15) is 12.0 Å². The average Bonchev–Trinajstić information content (AvgIpc) is 3.22. The van der Waals surface area contributed by atoms with Crippen molar-refractivity contribution in [3.8, 4) is 0 Å². The molecule has 2 N–H and O–H groups in total. The summed E-state index contributed by atoms with van der Waals surface area (Å²) >= 11 is 0. The van der Waals surface area contributed by atoms with E-state index >= 15 is 0 Å². The molecular weight excluding hydrogens is 393 g/mol. The highest BCUT2D eigenvalue weighted by Gasteiger charge is 2.31. The zero-order valence-corrected chi connectivity index (χ0v) is 18.4. The van der Waals surface area contributed by atoms with Gasteiger partial charge in [-0.3, -0.25) is 9.69 Å². The van der Waals surface area contributed by atoms with Crippen LogP contribution in [0.1, 0.15) is 54.1 Å². The molecule has 2 aromatic carbocycles. The van der Waals surface area contributed by atoms with Crippen LogP contribution in [0.2, 0.25) is 0 Å². The van der Waals surface area contributed by atoms with Gasteiger partial charge in [0.2, 0.25) is 0 Å². The summed E-state index contributed by atoms with van der Waals surface area (Å²) in [5.41, 5.74) is 9.57. The molecule has 2 aliphatic rings. The molecule has 4 rings (SSSR count).